The quantitative estimate of drug-likeness (QED) is 0.0169. The first-order valence-electron chi connectivity index (χ1n) is 38.5. The minimum Gasteiger partial charge on any atom is -0.462 e. The third kappa shape index (κ3) is 68.1. The molecule has 0 radical (unpaired) electrons. The first-order valence-corrected chi connectivity index (χ1v) is 41.4. The molecule has 0 aromatic rings. The molecule has 94 heavy (non-hydrogen) atoms. The summed E-state index contributed by atoms with van der Waals surface area (Å²) in [4.78, 5) is 72.7. The maximum absolute atomic E-state index is 13.1. The molecule has 0 saturated carbocycles. The highest BCUT2D eigenvalue weighted by molar-refractivity contribution is 7.47. The van der Waals surface area contributed by atoms with Gasteiger partial charge in [0.1, 0.15) is 19.3 Å². The minimum absolute atomic E-state index is 0.102. The van der Waals surface area contributed by atoms with Gasteiger partial charge in [0.25, 0.3) is 0 Å². The number of phosphoric acid groups is 2. The number of phosphoric ester groups is 2. The van der Waals surface area contributed by atoms with Gasteiger partial charge in [0.2, 0.25) is 0 Å². The van der Waals surface area contributed by atoms with Crippen molar-refractivity contribution in [3.63, 3.8) is 0 Å². The topological polar surface area (TPSA) is 237 Å². The fourth-order valence-corrected chi connectivity index (χ4v) is 12.6. The lowest BCUT2D eigenvalue weighted by molar-refractivity contribution is -0.161. The summed E-state index contributed by atoms with van der Waals surface area (Å²) in [5, 5.41) is 10.6. The van der Waals surface area contributed by atoms with Crippen molar-refractivity contribution in [3.8, 4) is 0 Å². The average molecular weight is 1380 g/mol. The number of aliphatic hydroxyl groups excluding tert-OH is 1. The van der Waals surface area contributed by atoms with E-state index in [1.807, 2.05) is 0 Å². The zero-order valence-corrected chi connectivity index (χ0v) is 62.4. The number of hydrogen-bond donors (Lipinski definition) is 3. The smallest absolute Gasteiger partial charge is 0.462 e. The molecule has 0 aromatic heterocycles. The Morgan fingerprint density at radius 3 is 0.872 bits per heavy atom. The van der Waals surface area contributed by atoms with Crippen LogP contribution in [0.5, 0.6) is 0 Å². The summed E-state index contributed by atoms with van der Waals surface area (Å²) in [5.74, 6) is -1.41. The molecule has 0 amide bonds. The predicted molar refractivity (Wildman–Crippen MR) is 381 cm³/mol. The number of allylic oxidation sites excluding steroid dienone is 4. The van der Waals surface area contributed by atoms with Gasteiger partial charge in [-0.3, -0.25) is 37.3 Å². The summed E-state index contributed by atoms with van der Waals surface area (Å²) in [6.07, 6.45) is 59.0. The Bertz CT molecular complexity index is 1900. The van der Waals surface area contributed by atoms with Gasteiger partial charge in [0, 0.05) is 25.7 Å². The molecular weight excluding hydrogens is 1230 g/mol. The van der Waals surface area contributed by atoms with Crippen LogP contribution >= 0.6 is 15.6 Å². The maximum Gasteiger partial charge on any atom is 0.472 e. The van der Waals surface area contributed by atoms with Crippen molar-refractivity contribution < 1.29 is 80.2 Å². The van der Waals surface area contributed by atoms with Crippen molar-refractivity contribution in [3.05, 3.63) is 24.3 Å². The van der Waals surface area contributed by atoms with Crippen LogP contribution in [0.2, 0.25) is 0 Å². The molecule has 0 aliphatic carbocycles. The summed E-state index contributed by atoms with van der Waals surface area (Å²) < 4.78 is 68.4. The highest BCUT2D eigenvalue weighted by Gasteiger charge is 2.30. The molecule has 0 aliphatic rings. The highest BCUT2D eigenvalue weighted by Crippen LogP contribution is 2.45. The second-order valence-electron chi connectivity index (χ2n) is 26.8. The maximum atomic E-state index is 13.1. The lowest BCUT2D eigenvalue weighted by Crippen LogP contribution is -2.30. The van der Waals surface area contributed by atoms with Crippen molar-refractivity contribution in [2.75, 3.05) is 39.6 Å². The molecule has 19 heteroatoms. The van der Waals surface area contributed by atoms with E-state index in [1.54, 1.807) is 0 Å². The van der Waals surface area contributed by atoms with Gasteiger partial charge in [-0.05, 0) is 57.3 Å². The number of carbonyl (C=O) groups is 4. The van der Waals surface area contributed by atoms with Gasteiger partial charge in [-0.1, -0.05) is 316 Å². The Labute approximate surface area is 573 Å². The number of unbranched alkanes of at least 4 members (excludes halogenated alkanes) is 42. The Hall–Kier alpha value is -2.46. The van der Waals surface area contributed by atoms with Gasteiger partial charge in [-0.25, -0.2) is 9.13 Å². The van der Waals surface area contributed by atoms with E-state index in [0.29, 0.717) is 25.7 Å². The van der Waals surface area contributed by atoms with Crippen molar-refractivity contribution >= 4 is 39.5 Å². The average Bonchev–Trinajstić information content (AvgIpc) is 2.01. The van der Waals surface area contributed by atoms with Gasteiger partial charge in [0.05, 0.1) is 26.4 Å². The Morgan fingerprint density at radius 1 is 0.330 bits per heavy atom. The monoisotopic (exact) mass is 1380 g/mol. The Morgan fingerprint density at radius 2 is 0.574 bits per heavy atom. The molecule has 0 saturated heterocycles. The third-order valence-electron chi connectivity index (χ3n) is 16.9. The van der Waals surface area contributed by atoms with Crippen LogP contribution in [0.25, 0.3) is 0 Å². The van der Waals surface area contributed by atoms with Crippen molar-refractivity contribution in [1.29, 1.82) is 0 Å². The normalized spacial score (nSPS) is 14.1. The van der Waals surface area contributed by atoms with Gasteiger partial charge in [0.15, 0.2) is 12.2 Å². The van der Waals surface area contributed by atoms with E-state index in [9.17, 15) is 43.2 Å². The van der Waals surface area contributed by atoms with E-state index < -0.39 is 97.5 Å². The van der Waals surface area contributed by atoms with E-state index in [1.165, 1.54) is 173 Å². The van der Waals surface area contributed by atoms with Crippen LogP contribution in [0.1, 0.15) is 369 Å². The number of hydrogen-bond acceptors (Lipinski definition) is 15. The summed E-state index contributed by atoms with van der Waals surface area (Å²) in [5.41, 5.74) is 0. The predicted octanol–water partition coefficient (Wildman–Crippen LogP) is 21.6. The van der Waals surface area contributed by atoms with Crippen LogP contribution in [0.3, 0.4) is 0 Å². The van der Waals surface area contributed by atoms with E-state index in [-0.39, 0.29) is 25.7 Å². The molecular formula is C75H142O17P2. The third-order valence-corrected chi connectivity index (χ3v) is 18.8. The largest absolute Gasteiger partial charge is 0.472 e. The van der Waals surface area contributed by atoms with E-state index in [0.717, 1.165) is 115 Å². The number of carbonyl (C=O) groups excluding carboxylic acids is 4. The second-order valence-corrected chi connectivity index (χ2v) is 29.7. The van der Waals surface area contributed by atoms with E-state index >= 15 is 0 Å². The molecule has 554 valence electrons. The van der Waals surface area contributed by atoms with Crippen LogP contribution in [0.15, 0.2) is 24.3 Å². The summed E-state index contributed by atoms with van der Waals surface area (Å²) in [7, 11) is -9.92. The number of esters is 4. The lowest BCUT2D eigenvalue weighted by atomic mass is 10.0. The molecule has 0 aromatic carbocycles. The number of aliphatic hydroxyl groups is 1. The highest BCUT2D eigenvalue weighted by atomic mass is 31.2. The van der Waals surface area contributed by atoms with Crippen LogP contribution in [-0.4, -0.2) is 96.7 Å². The molecule has 0 bridgehead atoms. The van der Waals surface area contributed by atoms with Gasteiger partial charge in [-0.2, -0.15) is 0 Å². The second kappa shape index (κ2) is 67.7. The molecule has 0 fully saturated rings. The zero-order valence-electron chi connectivity index (χ0n) is 60.6. The minimum atomic E-state index is -4.96. The van der Waals surface area contributed by atoms with Crippen LogP contribution in [0.4, 0.5) is 0 Å². The van der Waals surface area contributed by atoms with Gasteiger partial charge >= 0.3 is 39.5 Å². The fraction of sp³-hybridized carbons (Fsp3) is 0.893. The molecule has 2 unspecified atom stereocenters. The molecule has 17 nitrogen and oxygen atoms in total. The van der Waals surface area contributed by atoms with Gasteiger partial charge in [-0.15, -0.1) is 0 Å². The first kappa shape index (κ1) is 91.5. The summed E-state index contributed by atoms with van der Waals surface area (Å²) >= 11 is 0. The fourth-order valence-electron chi connectivity index (χ4n) is 11.0. The molecule has 5 atom stereocenters. The van der Waals surface area contributed by atoms with Gasteiger partial charge < -0.3 is 33.8 Å². The molecule has 0 aliphatic heterocycles. The molecule has 0 spiro atoms. The Balaban J connectivity index is 5.28. The Kier molecular flexibility index (Phi) is 65.9. The van der Waals surface area contributed by atoms with Crippen LogP contribution in [0, 0.1) is 5.92 Å². The van der Waals surface area contributed by atoms with Crippen molar-refractivity contribution in [2.24, 2.45) is 5.92 Å². The number of rotatable bonds is 73. The SMILES string of the molecule is CCCCCC/C=C\C=C/CCCCCCCC(=O)OC[C@H](COP(=O)(O)OC[C@@H](O)COP(=O)(O)OC[C@@H](COC(=O)CCCCCCCCCCCC)OC(=O)CCCCCCCCCCCC(C)C)OC(=O)CCCCCCCCCCCCCCCCCCC. The zero-order chi connectivity index (χ0) is 69.1. The summed E-state index contributed by atoms with van der Waals surface area (Å²) in [6.45, 7) is 7.19. The number of ether oxygens (including phenoxy) is 4. The molecule has 3 N–H and O–H groups in total. The lowest BCUT2D eigenvalue weighted by Gasteiger charge is -2.21. The standard InChI is InChI=1S/C75H142O17P2/c1-6-9-12-15-18-21-24-26-28-29-31-33-35-40-45-50-55-60-74(79)91-70(65-86-73(78)59-54-49-44-39-34-32-30-27-25-22-19-16-13-10-7-2)66-89-93(81,82)87-62-69(76)63-88-94(83,84)90-67-71(64-85-72(77)58-53-48-43-38-23-20-17-14-11-8-3)92-75(80)61-56-51-46-41-36-37-42-47-52-57-68(4)5/h22,25,27,30,68-71,76H,6-21,23-24,26,28-29,31-67H2,1-5H3,(H,81,82)(H,83,84)/b25-22-,30-27-/t69-,70-,71-/m1/s1. The van der Waals surface area contributed by atoms with Crippen molar-refractivity contribution in [1.82, 2.24) is 0 Å². The molecule has 0 heterocycles. The first-order chi connectivity index (χ1) is 45.5. The van der Waals surface area contributed by atoms with E-state index in [2.05, 4.69) is 58.9 Å². The van der Waals surface area contributed by atoms with E-state index in [4.69, 9.17) is 37.0 Å². The van der Waals surface area contributed by atoms with Crippen LogP contribution < -0.4 is 0 Å². The van der Waals surface area contributed by atoms with Crippen LogP contribution in [-0.2, 0) is 65.4 Å². The van der Waals surface area contributed by atoms with Crippen molar-refractivity contribution in [2.45, 2.75) is 387 Å². The molecule has 0 rings (SSSR count). The summed E-state index contributed by atoms with van der Waals surface area (Å²) in [6, 6.07) is 0.